The first-order chi connectivity index (χ1) is 7.50. The summed E-state index contributed by atoms with van der Waals surface area (Å²) in [5.41, 5.74) is 0. The molecule has 1 unspecified atom stereocenters. The number of carboxylic acids is 2. The maximum absolute atomic E-state index is 10.9. The molecule has 0 aromatic carbocycles. The van der Waals surface area contributed by atoms with Crippen LogP contribution in [0.3, 0.4) is 0 Å². The van der Waals surface area contributed by atoms with E-state index in [2.05, 4.69) is 0 Å². The Bertz CT molecular complexity index is 261. The highest BCUT2D eigenvalue weighted by atomic mass is 16.4. The summed E-state index contributed by atoms with van der Waals surface area (Å²) in [4.78, 5) is 23.4. The standard InChI is InChI=1S/C11H19NO4/c1-12(9-4-2-3-5-9)7-8(11(15)16)6-10(13)14/h8-9H,2-7H2,1H3,(H,13,14)(H,15,16). The zero-order chi connectivity index (χ0) is 12.1. The Morgan fingerprint density at radius 3 is 2.31 bits per heavy atom. The summed E-state index contributed by atoms with van der Waals surface area (Å²) < 4.78 is 0. The van der Waals surface area contributed by atoms with Crippen LogP contribution in [0.5, 0.6) is 0 Å². The van der Waals surface area contributed by atoms with Crippen molar-refractivity contribution in [2.24, 2.45) is 5.92 Å². The lowest BCUT2D eigenvalue weighted by Crippen LogP contribution is -2.37. The molecule has 1 fully saturated rings. The molecule has 0 aliphatic heterocycles. The van der Waals surface area contributed by atoms with Gasteiger partial charge in [-0.3, -0.25) is 9.59 Å². The Balaban J connectivity index is 2.46. The first-order valence-electron chi connectivity index (χ1n) is 5.65. The van der Waals surface area contributed by atoms with Crippen molar-refractivity contribution < 1.29 is 19.8 Å². The molecule has 0 spiro atoms. The van der Waals surface area contributed by atoms with Gasteiger partial charge in [-0.1, -0.05) is 12.8 Å². The fourth-order valence-corrected chi connectivity index (χ4v) is 2.28. The molecule has 0 bridgehead atoms. The third kappa shape index (κ3) is 3.81. The minimum Gasteiger partial charge on any atom is -0.481 e. The number of nitrogens with zero attached hydrogens (tertiary/aromatic N) is 1. The van der Waals surface area contributed by atoms with Crippen molar-refractivity contribution in [3.8, 4) is 0 Å². The number of carbonyl (C=O) groups is 2. The summed E-state index contributed by atoms with van der Waals surface area (Å²) in [7, 11) is 1.88. The van der Waals surface area contributed by atoms with Gasteiger partial charge in [-0.25, -0.2) is 0 Å². The summed E-state index contributed by atoms with van der Waals surface area (Å²) in [5.74, 6) is -2.87. The lowest BCUT2D eigenvalue weighted by atomic mass is 10.0. The van der Waals surface area contributed by atoms with Gasteiger partial charge in [0.2, 0.25) is 0 Å². The van der Waals surface area contributed by atoms with Crippen LogP contribution in [-0.4, -0.2) is 46.7 Å². The minimum absolute atomic E-state index is 0.299. The van der Waals surface area contributed by atoms with Crippen molar-refractivity contribution in [2.75, 3.05) is 13.6 Å². The third-order valence-corrected chi connectivity index (χ3v) is 3.23. The summed E-state index contributed by atoms with van der Waals surface area (Å²) in [6, 6.07) is 0.427. The van der Waals surface area contributed by atoms with Gasteiger partial charge in [-0.05, 0) is 19.9 Å². The molecule has 92 valence electrons. The third-order valence-electron chi connectivity index (χ3n) is 3.23. The molecule has 1 saturated carbocycles. The molecular formula is C11H19NO4. The summed E-state index contributed by atoms with van der Waals surface area (Å²) >= 11 is 0. The van der Waals surface area contributed by atoms with Gasteiger partial charge < -0.3 is 15.1 Å². The average Bonchev–Trinajstić information content (AvgIpc) is 2.68. The monoisotopic (exact) mass is 229 g/mol. The molecule has 5 heteroatoms. The Kier molecular flexibility index (Phi) is 4.73. The second-order valence-electron chi connectivity index (χ2n) is 4.51. The van der Waals surface area contributed by atoms with Gasteiger partial charge >= 0.3 is 11.9 Å². The van der Waals surface area contributed by atoms with E-state index in [0.29, 0.717) is 12.6 Å². The quantitative estimate of drug-likeness (QED) is 0.711. The van der Waals surface area contributed by atoms with Crippen LogP contribution in [0.2, 0.25) is 0 Å². The van der Waals surface area contributed by atoms with Crippen LogP contribution in [0.15, 0.2) is 0 Å². The molecular weight excluding hydrogens is 210 g/mol. The predicted octanol–water partition coefficient (Wildman–Crippen LogP) is 1.04. The molecule has 1 aliphatic carbocycles. The average molecular weight is 229 g/mol. The Hall–Kier alpha value is -1.10. The fraction of sp³-hybridized carbons (Fsp3) is 0.818. The first kappa shape index (κ1) is 13.0. The van der Waals surface area contributed by atoms with Crippen LogP contribution in [0.4, 0.5) is 0 Å². The van der Waals surface area contributed by atoms with E-state index in [9.17, 15) is 9.59 Å². The molecule has 0 radical (unpaired) electrons. The Labute approximate surface area is 95.1 Å². The van der Waals surface area contributed by atoms with E-state index in [1.807, 2.05) is 11.9 Å². The summed E-state index contributed by atoms with van der Waals surface area (Å²) in [5, 5.41) is 17.6. The summed E-state index contributed by atoms with van der Waals surface area (Å²) in [6.07, 6.45) is 4.26. The van der Waals surface area contributed by atoms with Crippen molar-refractivity contribution in [3.05, 3.63) is 0 Å². The van der Waals surface area contributed by atoms with E-state index < -0.39 is 17.9 Å². The zero-order valence-electron chi connectivity index (χ0n) is 9.56. The molecule has 5 nitrogen and oxygen atoms in total. The van der Waals surface area contributed by atoms with Crippen molar-refractivity contribution in [1.82, 2.24) is 4.90 Å². The molecule has 2 N–H and O–H groups in total. The van der Waals surface area contributed by atoms with E-state index >= 15 is 0 Å². The number of carboxylic acid groups (broad SMARTS) is 2. The molecule has 16 heavy (non-hydrogen) atoms. The fourth-order valence-electron chi connectivity index (χ4n) is 2.28. The second kappa shape index (κ2) is 5.84. The number of hydrogen-bond donors (Lipinski definition) is 2. The molecule has 0 heterocycles. The van der Waals surface area contributed by atoms with Gasteiger partial charge in [0.25, 0.3) is 0 Å². The van der Waals surface area contributed by atoms with Crippen LogP contribution >= 0.6 is 0 Å². The van der Waals surface area contributed by atoms with E-state index in [-0.39, 0.29) is 6.42 Å². The lowest BCUT2D eigenvalue weighted by molar-refractivity contribution is -0.149. The van der Waals surface area contributed by atoms with E-state index in [1.54, 1.807) is 0 Å². The smallest absolute Gasteiger partial charge is 0.308 e. The van der Waals surface area contributed by atoms with E-state index in [0.717, 1.165) is 12.8 Å². The van der Waals surface area contributed by atoms with Crippen LogP contribution in [0.25, 0.3) is 0 Å². The number of hydrogen-bond acceptors (Lipinski definition) is 3. The molecule has 0 saturated heterocycles. The van der Waals surface area contributed by atoms with E-state index in [4.69, 9.17) is 10.2 Å². The lowest BCUT2D eigenvalue weighted by Gasteiger charge is -2.26. The topological polar surface area (TPSA) is 77.8 Å². The van der Waals surface area contributed by atoms with Crippen LogP contribution in [0.1, 0.15) is 32.1 Å². The van der Waals surface area contributed by atoms with Crippen molar-refractivity contribution >= 4 is 11.9 Å². The molecule has 1 aliphatic rings. The molecule has 1 atom stereocenters. The van der Waals surface area contributed by atoms with Gasteiger partial charge in [0, 0.05) is 12.6 Å². The summed E-state index contributed by atoms with van der Waals surface area (Å²) in [6.45, 7) is 0.326. The maximum atomic E-state index is 10.9. The minimum atomic E-state index is -1.05. The maximum Gasteiger partial charge on any atom is 0.308 e. The van der Waals surface area contributed by atoms with Crippen molar-refractivity contribution in [3.63, 3.8) is 0 Å². The van der Waals surface area contributed by atoms with E-state index in [1.165, 1.54) is 12.8 Å². The normalized spacial score (nSPS) is 18.9. The van der Waals surface area contributed by atoms with Gasteiger partial charge in [0.05, 0.1) is 12.3 Å². The van der Waals surface area contributed by atoms with Gasteiger partial charge in [0.15, 0.2) is 0 Å². The molecule has 0 aromatic rings. The van der Waals surface area contributed by atoms with Gasteiger partial charge in [0.1, 0.15) is 0 Å². The highest BCUT2D eigenvalue weighted by molar-refractivity contribution is 5.77. The largest absolute Gasteiger partial charge is 0.481 e. The van der Waals surface area contributed by atoms with Crippen LogP contribution in [0, 0.1) is 5.92 Å². The predicted molar refractivity (Wildman–Crippen MR) is 58.3 cm³/mol. The number of rotatable bonds is 6. The zero-order valence-corrected chi connectivity index (χ0v) is 9.56. The number of aliphatic carboxylic acids is 2. The van der Waals surface area contributed by atoms with Crippen molar-refractivity contribution in [1.29, 1.82) is 0 Å². The van der Waals surface area contributed by atoms with Crippen LogP contribution in [-0.2, 0) is 9.59 Å². The SMILES string of the molecule is CN(CC(CC(=O)O)C(=O)O)C1CCCC1. The first-order valence-corrected chi connectivity index (χ1v) is 5.65. The highest BCUT2D eigenvalue weighted by Gasteiger charge is 2.27. The second-order valence-corrected chi connectivity index (χ2v) is 4.51. The molecule has 0 amide bonds. The molecule has 0 aromatic heterocycles. The van der Waals surface area contributed by atoms with Gasteiger partial charge in [-0.2, -0.15) is 0 Å². The Morgan fingerprint density at radius 2 is 1.88 bits per heavy atom. The Morgan fingerprint density at radius 1 is 1.31 bits per heavy atom. The van der Waals surface area contributed by atoms with Gasteiger partial charge in [-0.15, -0.1) is 0 Å². The van der Waals surface area contributed by atoms with Crippen molar-refractivity contribution in [2.45, 2.75) is 38.1 Å². The highest BCUT2D eigenvalue weighted by Crippen LogP contribution is 2.23. The molecule has 1 rings (SSSR count). The van der Waals surface area contributed by atoms with Crippen LogP contribution < -0.4 is 0 Å².